The zero-order chi connectivity index (χ0) is 13.1. The van der Waals surface area contributed by atoms with Gasteiger partial charge >= 0.3 is 0 Å². The summed E-state index contributed by atoms with van der Waals surface area (Å²) in [6.45, 7) is 1.39. The Hall–Kier alpha value is -2.74. The molecule has 0 spiro atoms. The molecule has 1 N–H and O–H groups in total. The van der Waals surface area contributed by atoms with E-state index in [-0.39, 0.29) is 11.3 Å². The van der Waals surface area contributed by atoms with E-state index in [4.69, 9.17) is 5.26 Å². The van der Waals surface area contributed by atoms with E-state index in [1.54, 1.807) is 30.6 Å². The zero-order valence-corrected chi connectivity index (χ0v) is 9.60. The predicted octanol–water partition coefficient (Wildman–Crippen LogP) is 1.51. The Balaban J connectivity index is 2.76. The highest BCUT2D eigenvalue weighted by atomic mass is 16.1. The molecule has 2 heterocycles. The van der Waals surface area contributed by atoms with Crippen LogP contribution in [0.15, 0.2) is 35.4 Å². The minimum Gasteiger partial charge on any atom is -0.320 e. The van der Waals surface area contributed by atoms with Crippen molar-refractivity contribution in [2.24, 2.45) is 0 Å². The van der Waals surface area contributed by atoms with Gasteiger partial charge in [0, 0.05) is 23.5 Å². The van der Waals surface area contributed by atoms with Crippen LogP contribution in [0.1, 0.15) is 22.8 Å². The number of carbonyl (C=O) groups excluding carboxylic acids is 1. The second-order valence-corrected chi connectivity index (χ2v) is 3.70. The van der Waals surface area contributed by atoms with Crippen molar-refractivity contribution in [1.29, 1.82) is 5.26 Å². The van der Waals surface area contributed by atoms with Crippen molar-refractivity contribution in [2.75, 3.05) is 0 Å². The smallest absolute Gasteiger partial charge is 0.266 e. The molecule has 0 aromatic carbocycles. The minimum absolute atomic E-state index is 0.0713. The van der Waals surface area contributed by atoms with Gasteiger partial charge in [-0.3, -0.25) is 14.6 Å². The molecule has 5 heteroatoms. The summed E-state index contributed by atoms with van der Waals surface area (Å²) in [5, 5.41) is 8.79. The van der Waals surface area contributed by atoms with Crippen molar-refractivity contribution in [2.45, 2.75) is 6.92 Å². The number of hydrogen-bond donors (Lipinski definition) is 1. The lowest BCUT2D eigenvalue weighted by atomic mass is 10.0. The molecule has 18 heavy (non-hydrogen) atoms. The molecule has 88 valence electrons. The summed E-state index contributed by atoms with van der Waals surface area (Å²) in [5.74, 6) is -0.213. The van der Waals surface area contributed by atoms with Crippen LogP contribution in [-0.2, 0) is 0 Å². The third-order valence-corrected chi connectivity index (χ3v) is 2.51. The molecule has 0 aliphatic carbocycles. The standard InChI is InChI=1S/C13H9N3O2/c1-8(17)11-6-10(7-14)13(18)16-12(11)9-2-4-15-5-3-9/h2-6H,1H3,(H,16,18). The van der Waals surface area contributed by atoms with Gasteiger partial charge in [-0.25, -0.2) is 0 Å². The number of pyridine rings is 2. The van der Waals surface area contributed by atoms with Crippen LogP contribution in [0.3, 0.4) is 0 Å². The fourth-order valence-electron chi connectivity index (χ4n) is 1.64. The second kappa shape index (κ2) is 4.63. The summed E-state index contributed by atoms with van der Waals surface area (Å²) in [6.07, 6.45) is 3.13. The summed E-state index contributed by atoms with van der Waals surface area (Å²) in [7, 11) is 0. The first kappa shape index (κ1) is 11.7. The molecular weight excluding hydrogens is 230 g/mol. The molecular formula is C13H9N3O2. The molecule has 0 saturated carbocycles. The Kier molecular flexibility index (Phi) is 3.02. The predicted molar refractivity (Wildman–Crippen MR) is 65.0 cm³/mol. The highest BCUT2D eigenvalue weighted by Crippen LogP contribution is 2.20. The van der Waals surface area contributed by atoms with E-state index in [0.717, 1.165) is 0 Å². The van der Waals surface area contributed by atoms with Gasteiger partial charge in [0.1, 0.15) is 11.6 Å². The SMILES string of the molecule is CC(=O)c1cc(C#N)c(=O)[nH]c1-c1ccncc1. The first-order chi connectivity index (χ1) is 8.63. The molecule has 2 aromatic rings. The summed E-state index contributed by atoms with van der Waals surface area (Å²) >= 11 is 0. The van der Waals surface area contributed by atoms with Crippen molar-refractivity contribution < 1.29 is 4.79 Å². The molecule has 2 rings (SSSR count). The van der Waals surface area contributed by atoms with Crippen LogP contribution in [0.2, 0.25) is 0 Å². The van der Waals surface area contributed by atoms with Crippen LogP contribution in [-0.4, -0.2) is 15.8 Å². The normalized spacial score (nSPS) is 9.78. The van der Waals surface area contributed by atoms with E-state index >= 15 is 0 Å². The third-order valence-electron chi connectivity index (χ3n) is 2.51. The Bertz CT molecular complexity index is 696. The Morgan fingerprint density at radius 1 is 1.39 bits per heavy atom. The van der Waals surface area contributed by atoms with Crippen molar-refractivity contribution in [3.63, 3.8) is 0 Å². The first-order valence-electron chi connectivity index (χ1n) is 5.22. The van der Waals surface area contributed by atoms with Crippen molar-refractivity contribution in [3.8, 4) is 17.3 Å². The van der Waals surface area contributed by atoms with Crippen molar-refractivity contribution in [1.82, 2.24) is 9.97 Å². The summed E-state index contributed by atoms with van der Waals surface area (Å²) in [6, 6.07) is 6.45. The lowest BCUT2D eigenvalue weighted by Gasteiger charge is -2.06. The van der Waals surface area contributed by atoms with Gasteiger partial charge < -0.3 is 4.98 Å². The second-order valence-electron chi connectivity index (χ2n) is 3.70. The Morgan fingerprint density at radius 3 is 2.61 bits per heavy atom. The van der Waals surface area contributed by atoms with E-state index in [9.17, 15) is 9.59 Å². The number of Topliss-reactive ketones (excluding diaryl/α,β-unsaturated/α-hetero) is 1. The fourth-order valence-corrected chi connectivity index (χ4v) is 1.64. The highest BCUT2D eigenvalue weighted by molar-refractivity contribution is 6.00. The lowest BCUT2D eigenvalue weighted by Crippen LogP contribution is -2.14. The number of nitrogens with one attached hydrogen (secondary N) is 1. The van der Waals surface area contributed by atoms with Crippen LogP contribution < -0.4 is 5.56 Å². The van der Waals surface area contributed by atoms with Gasteiger partial charge in [-0.1, -0.05) is 0 Å². The lowest BCUT2D eigenvalue weighted by molar-refractivity contribution is 0.101. The molecule has 0 amide bonds. The molecule has 0 atom stereocenters. The summed E-state index contributed by atoms with van der Waals surface area (Å²) in [5.41, 5.74) is 0.829. The van der Waals surface area contributed by atoms with Gasteiger partial charge in [0.05, 0.1) is 5.69 Å². The van der Waals surface area contributed by atoms with E-state index in [1.165, 1.54) is 13.0 Å². The highest BCUT2D eigenvalue weighted by Gasteiger charge is 2.13. The minimum atomic E-state index is -0.505. The van der Waals surface area contributed by atoms with E-state index in [1.807, 2.05) is 0 Å². The maximum atomic E-state index is 11.6. The monoisotopic (exact) mass is 239 g/mol. The molecule has 0 aliphatic heterocycles. The number of hydrogen-bond acceptors (Lipinski definition) is 4. The van der Waals surface area contributed by atoms with Crippen LogP contribution in [0.4, 0.5) is 0 Å². The molecule has 0 bridgehead atoms. The maximum absolute atomic E-state index is 11.6. The van der Waals surface area contributed by atoms with Gasteiger partial charge in [-0.2, -0.15) is 5.26 Å². The zero-order valence-electron chi connectivity index (χ0n) is 9.60. The topological polar surface area (TPSA) is 86.6 Å². The molecule has 0 aliphatic rings. The third kappa shape index (κ3) is 2.04. The van der Waals surface area contributed by atoms with Crippen LogP contribution >= 0.6 is 0 Å². The molecule has 0 radical (unpaired) electrons. The molecule has 2 aromatic heterocycles. The van der Waals surface area contributed by atoms with Gasteiger partial charge in [-0.05, 0) is 25.1 Å². The van der Waals surface area contributed by atoms with Gasteiger partial charge in [0.15, 0.2) is 5.78 Å². The van der Waals surface area contributed by atoms with E-state index in [2.05, 4.69) is 9.97 Å². The summed E-state index contributed by atoms with van der Waals surface area (Å²) < 4.78 is 0. The number of rotatable bonds is 2. The average molecular weight is 239 g/mol. The first-order valence-corrected chi connectivity index (χ1v) is 5.22. The fraction of sp³-hybridized carbons (Fsp3) is 0.0769. The number of nitrogens with zero attached hydrogens (tertiary/aromatic N) is 2. The molecule has 0 fully saturated rings. The quantitative estimate of drug-likeness (QED) is 0.805. The molecule has 5 nitrogen and oxygen atoms in total. The Labute approximate surface area is 103 Å². The largest absolute Gasteiger partial charge is 0.320 e. The van der Waals surface area contributed by atoms with Crippen molar-refractivity contribution in [3.05, 3.63) is 52.1 Å². The number of carbonyl (C=O) groups is 1. The summed E-state index contributed by atoms with van der Waals surface area (Å²) in [4.78, 5) is 29.6. The Morgan fingerprint density at radius 2 is 2.06 bits per heavy atom. The number of aromatic amines is 1. The van der Waals surface area contributed by atoms with Crippen molar-refractivity contribution >= 4 is 5.78 Å². The maximum Gasteiger partial charge on any atom is 0.266 e. The van der Waals surface area contributed by atoms with Gasteiger partial charge in [0.25, 0.3) is 5.56 Å². The molecule has 0 saturated heterocycles. The number of H-pyrrole nitrogens is 1. The van der Waals surface area contributed by atoms with E-state index < -0.39 is 5.56 Å². The van der Waals surface area contributed by atoms with Gasteiger partial charge in [-0.15, -0.1) is 0 Å². The molecule has 0 unspecified atom stereocenters. The number of nitriles is 1. The van der Waals surface area contributed by atoms with E-state index in [0.29, 0.717) is 16.8 Å². The average Bonchev–Trinajstić information content (AvgIpc) is 2.39. The van der Waals surface area contributed by atoms with Crippen LogP contribution in [0.5, 0.6) is 0 Å². The number of ketones is 1. The van der Waals surface area contributed by atoms with Crippen LogP contribution in [0, 0.1) is 11.3 Å². The van der Waals surface area contributed by atoms with Crippen LogP contribution in [0.25, 0.3) is 11.3 Å². The number of aromatic nitrogens is 2. The van der Waals surface area contributed by atoms with Gasteiger partial charge in [0.2, 0.25) is 0 Å².